The van der Waals surface area contributed by atoms with Gasteiger partial charge in [0.15, 0.2) is 11.3 Å². The standard InChI is InChI=1S/C19H17N9O5S2/c1-33-24-11(14-23-19(20)35-25-14)15(29)22-12-16(30)28-13(18(31)32)9(8-34-17(12)28)7-26-5-6-27-10(26)3-2-4-21-27/h2-6,12,17H,7-8H2,1H3,(H3-,20,22,23,25,29,31,32)/t12-,17-/m1/s1. The van der Waals surface area contributed by atoms with E-state index in [1.807, 2.05) is 10.6 Å². The lowest BCUT2D eigenvalue weighted by molar-refractivity contribution is -0.662. The molecule has 35 heavy (non-hydrogen) atoms. The number of fused-ring (bicyclic) bond motifs is 2. The van der Waals surface area contributed by atoms with E-state index < -0.39 is 29.2 Å². The van der Waals surface area contributed by atoms with Gasteiger partial charge in [0.1, 0.15) is 31.3 Å². The highest BCUT2D eigenvalue weighted by Gasteiger charge is 2.53. The smallest absolute Gasteiger partial charge is 0.307 e. The molecule has 0 aromatic carbocycles. The molecule has 0 aliphatic carbocycles. The van der Waals surface area contributed by atoms with E-state index in [2.05, 4.69) is 24.9 Å². The summed E-state index contributed by atoms with van der Waals surface area (Å²) in [4.78, 5) is 47.6. The number of imidazole rings is 1. The quantitative estimate of drug-likeness (QED) is 0.148. The minimum Gasteiger partial charge on any atom is -0.543 e. The van der Waals surface area contributed by atoms with E-state index in [1.165, 1.54) is 18.9 Å². The van der Waals surface area contributed by atoms with Gasteiger partial charge in [-0.1, -0.05) is 10.3 Å². The number of nitrogens with one attached hydrogen (secondary N) is 1. The molecule has 1 saturated heterocycles. The van der Waals surface area contributed by atoms with Gasteiger partial charge >= 0.3 is 5.65 Å². The first-order valence-corrected chi connectivity index (χ1v) is 11.9. The van der Waals surface area contributed by atoms with Crippen LogP contribution in [0.2, 0.25) is 0 Å². The number of thioether (sulfide) groups is 1. The molecule has 5 heterocycles. The van der Waals surface area contributed by atoms with Gasteiger partial charge in [0.05, 0.1) is 17.9 Å². The van der Waals surface area contributed by atoms with Crippen molar-refractivity contribution in [1.29, 1.82) is 0 Å². The zero-order chi connectivity index (χ0) is 24.7. The van der Waals surface area contributed by atoms with Crippen molar-refractivity contribution in [1.82, 2.24) is 29.2 Å². The molecule has 0 bridgehead atoms. The van der Waals surface area contributed by atoms with Crippen LogP contribution in [0.15, 0.2) is 47.1 Å². The van der Waals surface area contributed by atoms with Crippen LogP contribution < -0.4 is 20.7 Å². The number of nitrogen functional groups attached to an aromatic ring is 1. The van der Waals surface area contributed by atoms with Crippen molar-refractivity contribution in [3.8, 4) is 0 Å². The maximum Gasteiger partial charge on any atom is 0.307 e. The summed E-state index contributed by atoms with van der Waals surface area (Å²) < 4.78 is 7.43. The van der Waals surface area contributed by atoms with Crippen molar-refractivity contribution in [2.45, 2.75) is 18.0 Å². The number of β-lactam (4-membered cyclic amide) rings is 1. The van der Waals surface area contributed by atoms with Crippen molar-refractivity contribution in [2.75, 3.05) is 18.6 Å². The summed E-state index contributed by atoms with van der Waals surface area (Å²) in [5, 5.41) is 22.0. The van der Waals surface area contributed by atoms with Gasteiger partial charge in [0.2, 0.25) is 11.5 Å². The molecule has 2 amide bonds. The summed E-state index contributed by atoms with van der Waals surface area (Å²) in [6.07, 6.45) is 5.16. The lowest BCUT2D eigenvalue weighted by Gasteiger charge is -2.50. The minimum absolute atomic E-state index is 0.0457. The number of carbonyl (C=O) groups excluding carboxylic acids is 3. The molecule has 3 aromatic heterocycles. The van der Waals surface area contributed by atoms with Gasteiger partial charge < -0.3 is 25.8 Å². The van der Waals surface area contributed by atoms with Crippen LogP contribution in [0.5, 0.6) is 0 Å². The summed E-state index contributed by atoms with van der Waals surface area (Å²) >= 11 is 2.21. The first-order chi connectivity index (χ1) is 16.9. The maximum absolute atomic E-state index is 13.0. The Morgan fingerprint density at radius 3 is 3.00 bits per heavy atom. The molecule has 0 radical (unpaired) electrons. The number of aliphatic carboxylic acids is 1. The van der Waals surface area contributed by atoms with Crippen LogP contribution in [-0.4, -0.2) is 71.6 Å². The second-order valence-electron chi connectivity index (χ2n) is 7.43. The molecule has 0 spiro atoms. The highest BCUT2D eigenvalue weighted by atomic mass is 32.2. The van der Waals surface area contributed by atoms with Crippen LogP contribution in [0.3, 0.4) is 0 Å². The number of carboxylic acids is 1. The summed E-state index contributed by atoms with van der Waals surface area (Å²) in [6.45, 7) is 0.230. The topological polar surface area (TPSA) is 184 Å². The maximum atomic E-state index is 13.0. The monoisotopic (exact) mass is 515 g/mol. The fourth-order valence-electron chi connectivity index (χ4n) is 3.89. The van der Waals surface area contributed by atoms with Gasteiger partial charge in [-0.25, -0.2) is 4.57 Å². The number of rotatable bonds is 7. The number of nitrogens with zero attached hydrogens (tertiary/aromatic N) is 7. The molecule has 3 N–H and O–H groups in total. The van der Waals surface area contributed by atoms with Gasteiger partial charge in [0, 0.05) is 28.9 Å². The predicted molar refractivity (Wildman–Crippen MR) is 120 cm³/mol. The van der Waals surface area contributed by atoms with E-state index in [4.69, 9.17) is 10.6 Å². The molecule has 0 saturated carbocycles. The lowest BCUT2D eigenvalue weighted by Crippen LogP contribution is -2.71. The number of amides is 2. The predicted octanol–water partition coefficient (Wildman–Crippen LogP) is -2.49. The minimum atomic E-state index is -1.46. The van der Waals surface area contributed by atoms with E-state index in [9.17, 15) is 19.5 Å². The van der Waals surface area contributed by atoms with Gasteiger partial charge in [-0.2, -0.15) is 9.36 Å². The summed E-state index contributed by atoms with van der Waals surface area (Å²) in [7, 11) is 1.25. The lowest BCUT2D eigenvalue weighted by atomic mass is 10.0. The van der Waals surface area contributed by atoms with Gasteiger partial charge in [-0.3, -0.25) is 14.5 Å². The average molecular weight is 516 g/mol. The van der Waals surface area contributed by atoms with Gasteiger partial charge in [-0.15, -0.1) is 16.3 Å². The van der Waals surface area contributed by atoms with Crippen molar-refractivity contribution >= 4 is 57.6 Å². The van der Waals surface area contributed by atoms with Crippen LogP contribution in [0, 0.1) is 0 Å². The first kappa shape index (κ1) is 22.7. The normalized spacial score (nSPS) is 20.0. The fraction of sp³-hybridized carbons (Fsp3) is 0.263. The zero-order valence-corrected chi connectivity index (χ0v) is 19.7. The largest absolute Gasteiger partial charge is 0.543 e. The molecular weight excluding hydrogens is 498 g/mol. The molecule has 2 aliphatic heterocycles. The summed E-state index contributed by atoms with van der Waals surface area (Å²) in [5.41, 5.74) is 6.39. The van der Waals surface area contributed by atoms with Gasteiger partial charge in [-0.05, 0) is 6.07 Å². The third kappa shape index (κ3) is 3.95. The molecule has 180 valence electrons. The van der Waals surface area contributed by atoms with E-state index in [0.717, 1.165) is 22.1 Å². The Morgan fingerprint density at radius 1 is 1.46 bits per heavy atom. The van der Waals surface area contributed by atoms with E-state index in [1.54, 1.807) is 29.2 Å². The van der Waals surface area contributed by atoms with Gasteiger partial charge in [0.25, 0.3) is 11.8 Å². The Bertz CT molecular complexity index is 1410. The molecule has 3 aromatic rings. The van der Waals surface area contributed by atoms with Crippen LogP contribution >= 0.6 is 23.3 Å². The van der Waals surface area contributed by atoms with Crippen molar-refractivity contribution < 1.29 is 28.9 Å². The van der Waals surface area contributed by atoms with Crippen molar-refractivity contribution in [3.05, 3.63) is 47.8 Å². The molecule has 5 rings (SSSR count). The Labute approximate surface area is 205 Å². The SMILES string of the molecule is CON=C(C(=O)N[C@@H]1C(=O)N2C(C(=O)[O-])=C(C[n+]3ccn4ncccc43)CS[C@H]12)c1nsc(N)n1. The van der Waals surface area contributed by atoms with Crippen LogP contribution in [0.1, 0.15) is 5.82 Å². The molecule has 16 heteroatoms. The number of carboxylic acid groups (broad SMARTS) is 1. The number of aromatic nitrogens is 5. The number of carbonyl (C=O) groups is 3. The first-order valence-electron chi connectivity index (χ1n) is 10.1. The van der Waals surface area contributed by atoms with E-state index in [0.29, 0.717) is 11.3 Å². The Balaban J connectivity index is 1.37. The Kier molecular flexibility index (Phi) is 5.81. The van der Waals surface area contributed by atoms with Crippen LogP contribution in [-0.2, 0) is 25.8 Å². The zero-order valence-electron chi connectivity index (χ0n) is 18.0. The molecule has 2 aliphatic rings. The Hall–Kier alpha value is -4.05. The van der Waals surface area contributed by atoms with E-state index in [-0.39, 0.29) is 28.9 Å². The van der Waals surface area contributed by atoms with Crippen LogP contribution in [0.25, 0.3) is 5.65 Å². The molecular formula is C19H17N9O5S2. The van der Waals surface area contributed by atoms with Crippen LogP contribution in [0.4, 0.5) is 5.13 Å². The third-order valence-electron chi connectivity index (χ3n) is 5.38. The second kappa shape index (κ2) is 8.95. The average Bonchev–Trinajstić information content (AvgIpc) is 3.46. The highest BCUT2D eigenvalue weighted by molar-refractivity contribution is 8.00. The summed E-state index contributed by atoms with van der Waals surface area (Å²) in [6, 6.07) is 2.64. The van der Waals surface area contributed by atoms with E-state index >= 15 is 0 Å². The molecule has 1 fully saturated rings. The second-order valence-corrected chi connectivity index (χ2v) is 9.32. The number of oxime groups is 1. The molecule has 2 atom stereocenters. The van der Waals surface area contributed by atoms with Crippen molar-refractivity contribution in [3.63, 3.8) is 0 Å². The molecule has 14 nitrogen and oxygen atoms in total. The number of nitrogens with two attached hydrogens (primary N) is 1. The van der Waals surface area contributed by atoms with Crippen molar-refractivity contribution in [2.24, 2.45) is 5.16 Å². The summed E-state index contributed by atoms with van der Waals surface area (Å²) in [5.74, 6) is -2.53. The highest BCUT2D eigenvalue weighted by Crippen LogP contribution is 2.40. The fourth-order valence-corrected chi connectivity index (χ4v) is 5.66. The molecule has 0 unspecified atom stereocenters. The number of hydrogen-bond donors (Lipinski definition) is 2. The third-order valence-corrected chi connectivity index (χ3v) is 7.26. The number of anilines is 1. The Morgan fingerprint density at radius 2 is 2.29 bits per heavy atom. The number of hydrogen-bond acceptors (Lipinski definition) is 12.